The van der Waals surface area contributed by atoms with Crippen molar-refractivity contribution in [1.82, 2.24) is 9.38 Å². The first-order valence-electron chi connectivity index (χ1n) is 5.41. The van der Waals surface area contributed by atoms with Gasteiger partial charge in [-0.1, -0.05) is 11.6 Å². The molecule has 0 saturated heterocycles. The van der Waals surface area contributed by atoms with Gasteiger partial charge in [-0.3, -0.25) is 4.98 Å². The highest BCUT2D eigenvalue weighted by atomic mass is 35.5. The molecule has 0 spiro atoms. The Hall–Kier alpha value is -2.31. The van der Waals surface area contributed by atoms with Gasteiger partial charge < -0.3 is 4.40 Å². The molecular weight excluding hydrogens is 246 g/mol. The lowest BCUT2D eigenvalue weighted by Gasteiger charge is -2.04. The smallest absolute Gasteiger partial charge is 0.101 e. The fourth-order valence-corrected chi connectivity index (χ4v) is 2.26. The number of pyridine rings is 2. The number of hydrogen-bond acceptors (Lipinski definition) is 2. The first-order valence-corrected chi connectivity index (χ1v) is 5.78. The highest BCUT2D eigenvalue weighted by Crippen LogP contribution is 2.32. The van der Waals surface area contributed by atoms with Gasteiger partial charge in [-0.2, -0.15) is 5.26 Å². The van der Waals surface area contributed by atoms with Crippen LogP contribution in [-0.2, 0) is 0 Å². The van der Waals surface area contributed by atoms with E-state index >= 15 is 0 Å². The minimum atomic E-state index is 0.623. The van der Waals surface area contributed by atoms with Crippen LogP contribution in [0.15, 0.2) is 49.1 Å². The Bertz CT molecular complexity index is 768. The van der Waals surface area contributed by atoms with E-state index in [9.17, 15) is 5.26 Å². The van der Waals surface area contributed by atoms with Crippen molar-refractivity contribution in [2.24, 2.45) is 0 Å². The van der Waals surface area contributed by atoms with E-state index in [1.807, 2.05) is 28.9 Å². The predicted molar refractivity (Wildman–Crippen MR) is 70.4 cm³/mol. The van der Waals surface area contributed by atoms with Crippen molar-refractivity contribution < 1.29 is 0 Å². The number of nitrogens with zero attached hydrogens (tertiary/aromatic N) is 3. The van der Waals surface area contributed by atoms with E-state index in [1.165, 1.54) is 0 Å². The van der Waals surface area contributed by atoms with Crippen molar-refractivity contribution in [2.45, 2.75) is 0 Å². The maximum absolute atomic E-state index is 9.18. The van der Waals surface area contributed by atoms with E-state index < -0.39 is 0 Å². The zero-order valence-corrected chi connectivity index (χ0v) is 10.1. The molecule has 0 aliphatic heterocycles. The summed E-state index contributed by atoms with van der Waals surface area (Å²) in [7, 11) is 0. The lowest BCUT2D eigenvalue weighted by Crippen LogP contribution is -1.88. The Morgan fingerprint density at radius 1 is 1.17 bits per heavy atom. The third kappa shape index (κ3) is 1.55. The topological polar surface area (TPSA) is 41.1 Å². The number of aromatic nitrogens is 2. The average Bonchev–Trinajstić information content (AvgIpc) is 2.83. The molecule has 0 fully saturated rings. The standard InChI is InChI=1S/C14H8ClN3/c15-13-3-5-17-9-12(13)11-4-7-18-6-1-2-10(8-16)14(11)18/h1-7,9H. The van der Waals surface area contributed by atoms with Crippen LogP contribution in [0.4, 0.5) is 0 Å². The van der Waals surface area contributed by atoms with Crippen molar-refractivity contribution in [3.63, 3.8) is 0 Å². The Morgan fingerprint density at radius 2 is 2.06 bits per heavy atom. The fraction of sp³-hybridized carbons (Fsp3) is 0. The van der Waals surface area contributed by atoms with Crippen LogP contribution in [0.25, 0.3) is 16.6 Å². The molecule has 0 aliphatic carbocycles. The molecule has 4 heteroatoms. The molecule has 3 nitrogen and oxygen atoms in total. The normalized spacial score (nSPS) is 10.4. The van der Waals surface area contributed by atoms with Gasteiger partial charge in [0.2, 0.25) is 0 Å². The van der Waals surface area contributed by atoms with E-state index in [0.29, 0.717) is 10.6 Å². The molecule has 3 heterocycles. The second kappa shape index (κ2) is 4.17. The fourth-order valence-electron chi connectivity index (χ4n) is 2.05. The van der Waals surface area contributed by atoms with Gasteiger partial charge in [-0.05, 0) is 24.3 Å². The van der Waals surface area contributed by atoms with Gasteiger partial charge in [0.1, 0.15) is 6.07 Å². The summed E-state index contributed by atoms with van der Waals surface area (Å²) in [6.07, 6.45) is 7.18. The number of fused-ring (bicyclic) bond motifs is 1. The Labute approximate surface area is 109 Å². The minimum absolute atomic E-state index is 0.623. The number of nitriles is 1. The highest BCUT2D eigenvalue weighted by molar-refractivity contribution is 6.33. The third-order valence-corrected chi connectivity index (χ3v) is 3.19. The maximum Gasteiger partial charge on any atom is 0.101 e. The number of hydrogen-bond donors (Lipinski definition) is 0. The van der Waals surface area contributed by atoms with E-state index in [4.69, 9.17) is 11.6 Å². The number of halogens is 1. The van der Waals surface area contributed by atoms with E-state index in [1.54, 1.807) is 24.5 Å². The summed E-state index contributed by atoms with van der Waals surface area (Å²) in [6.45, 7) is 0. The molecule has 3 aromatic rings. The summed E-state index contributed by atoms with van der Waals surface area (Å²) < 4.78 is 1.91. The molecule has 0 amide bonds. The van der Waals surface area contributed by atoms with Crippen LogP contribution >= 0.6 is 11.6 Å². The molecule has 0 N–H and O–H groups in total. The van der Waals surface area contributed by atoms with E-state index in [0.717, 1.165) is 16.6 Å². The maximum atomic E-state index is 9.18. The molecule has 0 radical (unpaired) electrons. The molecule has 3 rings (SSSR count). The molecule has 0 aliphatic rings. The average molecular weight is 254 g/mol. The third-order valence-electron chi connectivity index (χ3n) is 2.86. The molecule has 0 bridgehead atoms. The summed E-state index contributed by atoms with van der Waals surface area (Å²) >= 11 is 6.18. The molecular formula is C14H8ClN3. The molecule has 0 saturated carbocycles. The molecule has 86 valence electrons. The van der Waals surface area contributed by atoms with Crippen molar-refractivity contribution >= 4 is 17.1 Å². The van der Waals surface area contributed by atoms with Crippen molar-refractivity contribution in [1.29, 1.82) is 5.26 Å². The van der Waals surface area contributed by atoms with Crippen molar-refractivity contribution in [3.05, 3.63) is 59.6 Å². The monoisotopic (exact) mass is 253 g/mol. The van der Waals surface area contributed by atoms with Crippen LogP contribution in [-0.4, -0.2) is 9.38 Å². The van der Waals surface area contributed by atoms with Crippen LogP contribution in [0.2, 0.25) is 5.02 Å². The van der Waals surface area contributed by atoms with Crippen LogP contribution in [0.5, 0.6) is 0 Å². The number of rotatable bonds is 1. The second-order valence-electron chi connectivity index (χ2n) is 3.87. The summed E-state index contributed by atoms with van der Waals surface area (Å²) in [5.74, 6) is 0. The highest BCUT2D eigenvalue weighted by Gasteiger charge is 2.11. The Balaban J connectivity index is 2.38. The van der Waals surface area contributed by atoms with Gasteiger partial charge in [0.15, 0.2) is 0 Å². The molecule has 0 unspecified atom stereocenters. The van der Waals surface area contributed by atoms with Crippen LogP contribution < -0.4 is 0 Å². The molecule has 3 aromatic heterocycles. The molecule has 0 atom stereocenters. The zero-order chi connectivity index (χ0) is 12.5. The summed E-state index contributed by atoms with van der Waals surface area (Å²) in [4.78, 5) is 4.09. The minimum Gasteiger partial charge on any atom is -0.322 e. The Morgan fingerprint density at radius 3 is 2.83 bits per heavy atom. The quantitative estimate of drug-likeness (QED) is 0.666. The lowest BCUT2D eigenvalue weighted by molar-refractivity contribution is 1.19. The predicted octanol–water partition coefficient (Wildman–Crippen LogP) is 3.53. The SMILES string of the molecule is N#Cc1cccn2ccc(-c3cnccc3Cl)c12. The summed E-state index contributed by atoms with van der Waals surface area (Å²) in [5, 5.41) is 9.81. The van der Waals surface area contributed by atoms with Gasteiger partial charge in [-0.15, -0.1) is 0 Å². The van der Waals surface area contributed by atoms with E-state index in [-0.39, 0.29) is 0 Å². The zero-order valence-electron chi connectivity index (χ0n) is 9.34. The van der Waals surface area contributed by atoms with Crippen LogP contribution in [0.1, 0.15) is 5.56 Å². The van der Waals surface area contributed by atoms with Gasteiger partial charge in [-0.25, -0.2) is 0 Å². The van der Waals surface area contributed by atoms with Gasteiger partial charge in [0, 0.05) is 35.9 Å². The van der Waals surface area contributed by atoms with Crippen molar-refractivity contribution in [3.8, 4) is 17.2 Å². The van der Waals surface area contributed by atoms with Crippen LogP contribution in [0.3, 0.4) is 0 Å². The molecule has 0 aromatic carbocycles. The first kappa shape index (κ1) is 10.8. The van der Waals surface area contributed by atoms with Gasteiger partial charge in [0.05, 0.1) is 16.1 Å². The van der Waals surface area contributed by atoms with E-state index in [2.05, 4.69) is 11.1 Å². The largest absolute Gasteiger partial charge is 0.322 e. The van der Waals surface area contributed by atoms with Gasteiger partial charge >= 0.3 is 0 Å². The first-order chi connectivity index (χ1) is 8.81. The summed E-state index contributed by atoms with van der Waals surface area (Å²) in [5.41, 5.74) is 3.24. The van der Waals surface area contributed by atoms with Crippen molar-refractivity contribution in [2.75, 3.05) is 0 Å². The summed E-state index contributed by atoms with van der Waals surface area (Å²) in [6, 6.07) is 9.53. The van der Waals surface area contributed by atoms with Gasteiger partial charge in [0.25, 0.3) is 0 Å². The lowest BCUT2D eigenvalue weighted by atomic mass is 10.1. The van der Waals surface area contributed by atoms with Crippen LogP contribution in [0, 0.1) is 11.3 Å². The second-order valence-corrected chi connectivity index (χ2v) is 4.28. The Kier molecular flexibility index (Phi) is 2.51. The molecule has 18 heavy (non-hydrogen) atoms.